The normalized spacial score (nSPS) is 10.2. The van der Waals surface area contributed by atoms with E-state index in [4.69, 9.17) is 14.7 Å². The predicted octanol–water partition coefficient (Wildman–Crippen LogP) is 4.06. The third-order valence-corrected chi connectivity index (χ3v) is 4.67. The van der Waals surface area contributed by atoms with E-state index in [1.165, 1.54) is 0 Å². The van der Waals surface area contributed by atoms with Crippen molar-refractivity contribution in [2.45, 2.75) is 0 Å². The summed E-state index contributed by atoms with van der Waals surface area (Å²) in [5.41, 5.74) is 3.46. The number of carbonyl (C=O) groups is 1. The van der Waals surface area contributed by atoms with Crippen LogP contribution < -0.4 is 9.47 Å². The second-order valence-electron chi connectivity index (χ2n) is 6.34. The largest absolute Gasteiger partial charge is 0.497 e. The minimum absolute atomic E-state index is 0.682. The van der Waals surface area contributed by atoms with E-state index in [1.807, 2.05) is 72.0 Å². The molecule has 6 heteroatoms. The van der Waals surface area contributed by atoms with Crippen molar-refractivity contribution >= 4 is 28.1 Å². The number of nitrogens with zero attached hydrogens (tertiary/aromatic N) is 3. The highest BCUT2D eigenvalue weighted by Crippen LogP contribution is 2.25. The van der Waals surface area contributed by atoms with Crippen LogP contribution >= 0.6 is 0 Å². The first-order chi connectivity index (χ1) is 13.5. The molecule has 0 unspecified atom stereocenters. The number of aldehydes is 1. The molecular formula is C22H21N3O3. The number of ether oxygens (including phenoxy) is 2. The van der Waals surface area contributed by atoms with Gasteiger partial charge in [-0.3, -0.25) is 4.79 Å². The van der Waals surface area contributed by atoms with Crippen molar-refractivity contribution < 1.29 is 14.3 Å². The number of rotatable bonds is 3. The summed E-state index contributed by atoms with van der Waals surface area (Å²) in [6.45, 7) is 0. The molecule has 142 valence electrons. The lowest BCUT2D eigenvalue weighted by atomic mass is 10.2. The Balaban J connectivity index is 0.000000161. The lowest BCUT2D eigenvalue weighted by Crippen LogP contribution is -1.85. The van der Waals surface area contributed by atoms with Crippen LogP contribution in [-0.2, 0) is 14.1 Å². The van der Waals surface area contributed by atoms with Gasteiger partial charge in [0.1, 0.15) is 17.6 Å². The average Bonchev–Trinajstić information content (AvgIpc) is 3.23. The van der Waals surface area contributed by atoms with Crippen molar-refractivity contribution in [3.8, 4) is 17.6 Å². The quantitative estimate of drug-likeness (QED) is 0.507. The van der Waals surface area contributed by atoms with Crippen molar-refractivity contribution in [2.75, 3.05) is 14.2 Å². The summed E-state index contributed by atoms with van der Waals surface area (Å²) < 4.78 is 14.1. The molecule has 2 aromatic heterocycles. The summed E-state index contributed by atoms with van der Waals surface area (Å²) in [5.74, 6) is 1.55. The number of benzene rings is 2. The minimum Gasteiger partial charge on any atom is -0.497 e. The number of nitriles is 1. The molecule has 0 N–H and O–H groups in total. The number of aryl methyl sites for hydroxylation is 2. The van der Waals surface area contributed by atoms with Crippen LogP contribution in [0.4, 0.5) is 0 Å². The van der Waals surface area contributed by atoms with Gasteiger partial charge >= 0.3 is 0 Å². The number of aromatic nitrogens is 2. The molecule has 0 bridgehead atoms. The minimum atomic E-state index is 0.682. The standard InChI is InChI=1S/C11H10N2O.C11H11NO2/c1-13-7-8(6-12)10-5-9(14-2)3-4-11(10)13;1-12-6-8(7-13)10-5-9(14-2)3-4-11(10)12/h3-5,7H,1-2H3;3-7H,1-2H3. The fourth-order valence-corrected chi connectivity index (χ4v) is 3.21. The highest BCUT2D eigenvalue weighted by molar-refractivity contribution is 5.98. The first-order valence-corrected chi connectivity index (χ1v) is 8.63. The Hall–Kier alpha value is -3.72. The zero-order valence-corrected chi connectivity index (χ0v) is 16.3. The molecule has 0 atom stereocenters. The number of fused-ring (bicyclic) bond motifs is 2. The molecule has 6 nitrogen and oxygen atoms in total. The predicted molar refractivity (Wildman–Crippen MR) is 109 cm³/mol. The van der Waals surface area contributed by atoms with Crippen molar-refractivity contribution in [1.82, 2.24) is 9.13 Å². The number of hydrogen-bond acceptors (Lipinski definition) is 4. The molecule has 0 aliphatic rings. The molecule has 4 rings (SSSR count). The summed E-state index contributed by atoms with van der Waals surface area (Å²) in [7, 11) is 7.08. The van der Waals surface area contributed by atoms with Gasteiger partial charge in [0.15, 0.2) is 6.29 Å². The Labute approximate surface area is 163 Å². The average molecular weight is 375 g/mol. The SMILES string of the molecule is COc1ccc2c(c1)c(C#N)cn2C.COc1ccc2c(c1)c(C=O)cn2C. The van der Waals surface area contributed by atoms with Crippen molar-refractivity contribution in [3.05, 3.63) is 59.9 Å². The van der Waals surface area contributed by atoms with Crippen LogP contribution in [0, 0.1) is 11.3 Å². The monoisotopic (exact) mass is 375 g/mol. The summed E-state index contributed by atoms with van der Waals surface area (Å²) in [6, 6.07) is 13.6. The summed E-state index contributed by atoms with van der Waals surface area (Å²) in [6.07, 6.45) is 4.50. The van der Waals surface area contributed by atoms with Gasteiger partial charge in [-0.05, 0) is 36.4 Å². The third-order valence-electron chi connectivity index (χ3n) is 4.67. The van der Waals surface area contributed by atoms with Crippen molar-refractivity contribution in [1.29, 1.82) is 5.26 Å². The molecule has 0 radical (unpaired) electrons. The molecule has 28 heavy (non-hydrogen) atoms. The van der Waals surface area contributed by atoms with Gasteiger partial charge < -0.3 is 18.6 Å². The smallest absolute Gasteiger partial charge is 0.152 e. The number of methoxy groups -OCH3 is 2. The van der Waals surface area contributed by atoms with Crippen molar-refractivity contribution in [3.63, 3.8) is 0 Å². The molecule has 0 saturated heterocycles. The summed E-state index contributed by atoms with van der Waals surface area (Å²) in [5, 5.41) is 10.8. The lowest BCUT2D eigenvalue weighted by molar-refractivity contribution is 0.112. The van der Waals surface area contributed by atoms with E-state index in [2.05, 4.69) is 6.07 Å². The molecule has 0 aliphatic carbocycles. The zero-order chi connectivity index (χ0) is 20.3. The summed E-state index contributed by atoms with van der Waals surface area (Å²) >= 11 is 0. The lowest BCUT2D eigenvalue weighted by Gasteiger charge is -2.00. The topological polar surface area (TPSA) is 69.2 Å². The first-order valence-electron chi connectivity index (χ1n) is 8.63. The van der Waals surface area contributed by atoms with Crippen LogP contribution in [0.15, 0.2) is 48.8 Å². The van der Waals surface area contributed by atoms with E-state index < -0.39 is 0 Å². The Morgan fingerprint density at radius 3 is 1.96 bits per heavy atom. The highest BCUT2D eigenvalue weighted by Gasteiger charge is 2.07. The van der Waals surface area contributed by atoms with Crippen molar-refractivity contribution in [2.24, 2.45) is 14.1 Å². The molecule has 4 aromatic rings. The zero-order valence-electron chi connectivity index (χ0n) is 16.3. The van der Waals surface area contributed by atoms with Gasteiger partial charge in [-0.1, -0.05) is 0 Å². The van der Waals surface area contributed by atoms with Crippen LogP contribution in [0.25, 0.3) is 21.8 Å². The Morgan fingerprint density at radius 1 is 0.893 bits per heavy atom. The van der Waals surface area contributed by atoms with E-state index in [0.717, 1.165) is 39.6 Å². The van der Waals surface area contributed by atoms with Gasteiger partial charge in [-0.25, -0.2) is 0 Å². The van der Waals surface area contributed by atoms with Crippen LogP contribution in [0.3, 0.4) is 0 Å². The molecule has 0 aliphatic heterocycles. The van der Waals surface area contributed by atoms with Crippen LogP contribution in [0.5, 0.6) is 11.5 Å². The summed E-state index contributed by atoms with van der Waals surface area (Å²) in [4.78, 5) is 10.8. The second kappa shape index (κ2) is 7.89. The van der Waals surface area contributed by atoms with Crippen LogP contribution in [-0.4, -0.2) is 29.6 Å². The molecule has 2 aromatic carbocycles. The third kappa shape index (κ3) is 3.42. The van der Waals surface area contributed by atoms with E-state index >= 15 is 0 Å². The second-order valence-corrected chi connectivity index (χ2v) is 6.34. The molecule has 0 fully saturated rings. The van der Waals surface area contributed by atoms with Gasteiger partial charge in [0.05, 0.1) is 19.8 Å². The molecular weight excluding hydrogens is 354 g/mol. The van der Waals surface area contributed by atoms with E-state index in [9.17, 15) is 4.79 Å². The number of hydrogen-bond donors (Lipinski definition) is 0. The number of carbonyl (C=O) groups excluding carboxylic acids is 1. The fourth-order valence-electron chi connectivity index (χ4n) is 3.21. The Morgan fingerprint density at radius 2 is 1.43 bits per heavy atom. The maximum absolute atomic E-state index is 10.8. The fraction of sp³-hybridized carbons (Fsp3) is 0.182. The molecule has 0 spiro atoms. The van der Waals surface area contributed by atoms with Gasteiger partial charge in [-0.2, -0.15) is 5.26 Å². The van der Waals surface area contributed by atoms with E-state index in [0.29, 0.717) is 11.1 Å². The van der Waals surface area contributed by atoms with Gasteiger partial charge in [0.25, 0.3) is 0 Å². The van der Waals surface area contributed by atoms with Gasteiger partial charge in [0.2, 0.25) is 0 Å². The Kier molecular flexibility index (Phi) is 5.37. The van der Waals surface area contributed by atoms with Gasteiger partial charge in [-0.15, -0.1) is 0 Å². The van der Waals surface area contributed by atoms with Gasteiger partial charge in [0, 0.05) is 53.9 Å². The maximum atomic E-state index is 10.8. The molecule has 2 heterocycles. The maximum Gasteiger partial charge on any atom is 0.152 e. The molecule has 0 saturated carbocycles. The van der Waals surface area contributed by atoms with Crippen LogP contribution in [0.2, 0.25) is 0 Å². The van der Waals surface area contributed by atoms with Crippen LogP contribution in [0.1, 0.15) is 15.9 Å². The first kappa shape index (κ1) is 19.1. The van der Waals surface area contributed by atoms with E-state index in [1.54, 1.807) is 14.2 Å². The van der Waals surface area contributed by atoms with E-state index in [-0.39, 0.29) is 0 Å². The molecule has 0 amide bonds. The Bertz CT molecular complexity index is 1200. The highest BCUT2D eigenvalue weighted by atomic mass is 16.5.